The van der Waals surface area contributed by atoms with E-state index in [0.717, 1.165) is 6.07 Å². The van der Waals surface area contributed by atoms with E-state index in [1.807, 2.05) is 0 Å². The van der Waals surface area contributed by atoms with Gasteiger partial charge in [0.2, 0.25) is 0 Å². The minimum Gasteiger partial charge on any atom is -0.479 e. The summed E-state index contributed by atoms with van der Waals surface area (Å²) in [4.78, 5) is 10.8. The molecule has 0 aliphatic heterocycles. The molecule has 0 saturated carbocycles. The first kappa shape index (κ1) is 12.6. The summed E-state index contributed by atoms with van der Waals surface area (Å²) in [7, 11) is 0. The Morgan fingerprint density at radius 3 is 2.50 bits per heavy atom. The largest absolute Gasteiger partial charge is 0.479 e. The Labute approximate surface area is 92.0 Å². The summed E-state index contributed by atoms with van der Waals surface area (Å²) < 4.78 is 13.3. The highest BCUT2D eigenvalue weighted by molar-refractivity contribution is 5.78. The van der Waals surface area contributed by atoms with Crippen molar-refractivity contribution in [1.82, 2.24) is 0 Å². The van der Waals surface area contributed by atoms with E-state index in [9.17, 15) is 19.4 Å². The zero-order valence-electron chi connectivity index (χ0n) is 8.72. The lowest BCUT2D eigenvalue weighted by molar-refractivity contribution is -0.173. The summed E-state index contributed by atoms with van der Waals surface area (Å²) in [5.41, 5.74) is -2.60. The number of aliphatic hydroxyl groups excluding tert-OH is 1. The highest BCUT2D eigenvalue weighted by atomic mass is 19.1. The fourth-order valence-corrected chi connectivity index (χ4v) is 1.42. The monoisotopic (exact) mass is 228 g/mol. The van der Waals surface area contributed by atoms with Crippen LogP contribution in [0.5, 0.6) is 0 Å². The summed E-state index contributed by atoms with van der Waals surface area (Å²) in [5.74, 6) is -2.33. The molecule has 0 radical (unpaired) electrons. The summed E-state index contributed by atoms with van der Waals surface area (Å²) in [6.45, 7) is 1.40. The van der Waals surface area contributed by atoms with Crippen LogP contribution in [0.2, 0.25) is 0 Å². The van der Waals surface area contributed by atoms with Gasteiger partial charge in [0, 0.05) is 5.56 Å². The van der Waals surface area contributed by atoms with E-state index in [1.165, 1.54) is 25.1 Å². The van der Waals surface area contributed by atoms with E-state index in [2.05, 4.69) is 0 Å². The molecule has 0 aliphatic carbocycles. The fourth-order valence-electron chi connectivity index (χ4n) is 1.42. The number of carbonyl (C=O) groups is 1. The molecule has 1 aromatic rings. The van der Waals surface area contributed by atoms with Crippen LogP contribution in [-0.2, 0) is 4.79 Å². The highest BCUT2D eigenvalue weighted by Gasteiger charge is 2.43. The Morgan fingerprint density at radius 2 is 2.06 bits per heavy atom. The molecule has 5 heteroatoms. The molecule has 0 heterocycles. The number of halogens is 1. The van der Waals surface area contributed by atoms with Crippen molar-refractivity contribution in [2.75, 3.05) is 0 Å². The predicted molar refractivity (Wildman–Crippen MR) is 54.2 cm³/mol. The molecule has 88 valence electrons. The number of rotatable bonds is 4. The first-order valence-corrected chi connectivity index (χ1v) is 4.81. The maximum absolute atomic E-state index is 13.3. The van der Waals surface area contributed by atoms with Crippen molar-refractivity contribution in [2.24, 2.45) is 0 Å². The molecule has 3 N–H and O–H groups in total. The maximum Gasteiger partial charge on any atom is 0.338 e. The lowest BCUT2D eigenvalue weighted by Gasteiger charge is -2.27. The average Bonchev–Trinajstić information content (AvgIpc) is 2.27. The standard InChI is InChI=1S/C11H13FO4/c1-2-11(16,10(14)15)9(13)7-5-3-4-6-8(7)12/h3-6,9,13,16H,2H2,1H3,(H,14,15)/t9-,11?/m1/s1. The van der Waals surface area contributed by atoms with Crippen LogP contribution >= 0.6 is 0 Å². The van der Waals surface area contributed by atoms with E-state index in [4.69, 9.17) is 5.11 Å². The molecule has 0 saturated heterocycles. The van der Waals surface area contributed by atoms with Crippen molar-refractivity contribution in [3.63, 3.8) is 0 Å². The number of benzene rings is 1. The van der Waals surface area contributed by atoms with Crippen LogP contribution in [0, 0.1) is 5.82 Å². The van der Waals surface area contributed by atoms with Gasteiger partial charge in [-0.2, -0.15) is 0 Å². The van der Waals surface area contributed by atoms with E-state index >= 15 is 0 Å². The van der Waals surface area contributed by atoms with Gasteiger partial charge in [-0.15, -0.1) is 0 Å². The molecular weight excluding hydrogens is 215 g/mol. The van der Waals surface area contributed by atoms with Gasteiger partial charge in [-0.25, -0.2) is 9.18 Å². The summed E-state index contributed by atoms with van der Waals surface area (Å²) in [5, 5.41) is 28.3. The lowest BCUT2D eigenvalue weighted by atomic mass is 9.88. The molecule has 0 spiro atoms. The molecule has 0 aliphatic rings. The predicted octanol–water partition coefficient (Wildman–Crippen LogP) is 1.08. The molecule has 0 fully saturated rings. The quantitative estimate of drug-likeness (QED) is 0.720. The Morgan fingerprint density at radius 1 is 1.50 bits per heavy atom. The summed E-state index contributed by atoms with van der Waals surface area (Å²) >= 11 is 0. The highest BCUT2D eigenvalue weighted by Crippen LogP contribution is 2.30. The third-order valence-corrected chi connectivity index (χ3v) is 2.56. The van der Waals surface area contributed by atoms with Gasteiger partial charge in [0.15, 0.2) is 5.60 Å². The minimum atomic E-state index is -2.37. The lowest BCUT2D eigenvalue weighted by Crippen LogP contribution is -2.44. The van der Waals surface area contributed by atoms with Crippen molar-refractivity contribution in [3.8, 4) is 0 Å². The first-order valence-electron chi connectivity index (χ1n) is 4.81. The van der Waals surface area contributed by atoms with Gasteiger partial charge < -0.3 is 15.3 Å². The van der Waals surface area contributed by atoms with E-state index in [-0.39, 0.29) is 12.0 Å². The number of carboxylic acids is 1. The van der Waals surface area contributed by atoms with Crippen molar-refractivity contribution in [2.45, 2.75) is 25.0 Å². The average molecular weight is 228 g/mol. The number of aliphatic hydroxyl groups is 2. The van der Waals surface area contributed by atoms with Crippen molar-refractivity contribution in [3.05, 3.63) is 35.6 Å². The van der Waals surface area contributed by atoms with Gasteiger partial charge in [0.25, 0.3) is 0 Å². The normalized spacial score (nSPS) is 16.5. The van der Waals surface area contributed by atoms with Crippen LogP contribution in [-0.4, -0.2) is 26.9 Å². The van der Waals surface area contributed by atoms with Crippen LogP contribution in [0.1, 0.15) is 25.0 Å². The van der Waals surface area contributed by atoms with Gasteiger partial charge in [-0.05, 0) is 12.5 Å². The zero-order valence-corrected chi connectivity index (χ0v) is 8.72. The Balaban J connectivity index is 3.15. The van der Waals surface area contributed by atoms with Crippen molar-refractivity contribution in [1.29, 1.82) is 0 Å². The summed E-state index contributed by atoms with van der Waals surface area (Å²) in [6.07, 6.45) is -2.02. The van der Waals surface area contributed by atoms with Crippen LogP contribution < -0.4 is 0 Å². The van der Waals surface area contributed by atoms with Crippen LogP contribution in [0.15, 0.2) is 24.3 Å². The minimum absolute atomic E-state index is 0.224. The van der Waals surface area contributed by atoms with Crippen LogP contribution in [0.3, 0.4) is 0 Å². The Kier molecular flexibility index (Phi) is 3.62. The number of carboxylic acid groups (broad SMARTS) is 1. The second kappa shape index (κ2) is 4.59. The second-order valence-electron chi connectivity index (χ2n) is 3.51. The number of aliphatic carboxylic acids is 1. The fraction of sp³-hybridized carbons (Fsp3) is 0.364. The topological polar surface area (TPSA) is 77.8 Å². The SMILES string of the molecule is CCC(O)(C(=O)O)[C@H](O)c1ccccc1F. The third-order valence-electron chi connectivity index (χ3n) is 2.56. The molecule has 1 rings (SSSR count). The molecule has 4 nitrogen and oxygen atoms in total. The first-order chi connectivity index (χ1) is 7.43. The molecule has 0 aromatic heterocycles. The smallest absolute Gasteiger partial charge is 0.338 e. The van der Waals surface area contributed by atoms with Crippen molar-refractivity contribution < 1.29 is 24.5 Å². The second-order valence-corrected chi connectivity index (χ2v) is 3.51. The molecule has 1 unspecified atom stereocenters. The van der Waals surface area contributed by atoms with E-state index in [0.29, 0.717) is 0 Å². The zero-order chi connectivity index (χ0) is 12.3. The number of hydrogen-bond donors (Lipinski definition) is 3. The van der Waals surface area contributed by atoms with E-state index in [1.54, 1.807) is 0 Å². The molecule has 0 amide bonds. The Hall–Kier alpha value is -1.46. The van der Waals surface area contributed by atoms with E-state index < -0.39 is 23.5 Å². The van der Waals surface area contributed by atoms with Crippen molar-refractivity contribution >= 4 is 5.97 Å². The third kappa shape index (κ3) is 2.05. The Bertz CT molecular complexity index is 393. The number of hydrogen-bond acceptors (Lipinski definition) is 3. The van der Waals surface area contributed by atoms with Gasteiger partial charge in [-0.3, -0.25) is 0 Å². The molecule has 0 bridgehead atoms. The molecule has 1 aromatic carbocycles. The maximum atomic E-state index is 13.3. The summed E-state index contributed by atoms with van der Waals surface area (Å²) in [6, 6.07) is 5.21. The van der Waals surface area contributed by atoms with Gasteiger partial charge >= 0.3 is 5.97 Å². The molecule has 16 heavy (non-hydrogen) atoms. The van der Waals surface area contributed by atoms with Crippen LogP contribution in [0.4, 0.5) is 4.39 Å². The molecule has 2 atom stereocenters. The van der Waals surface area contributed by atoms with Crippen LogP contribution in [0.25, 0.3) is 0 Å². The van der Waals surface area contributed by atoms with Gasteiger partial charge in [0.05, 0.1) is 0 Å². The van der Waals surface area contributed by atoms with Gasteiger partial charge in [-0.1, -0.05) is 25.1 Å². The molecular formula is C11H13FO4. The van der Waals surface area contributed by atoms with Gasteiger partial charge in [0.1, 0.15) is 11.9 Å².